The Morgan fingerprint density at radius 3 is 2.88 bits per heavy atom. The number of nitriles is 1. The maximum atomic E-state index is 13.6. The molecule has 0 spiro atoms. The van der Waals surface area contributed by atoms with Gasteiger partial charge >= 0.3 is 0 Å². The van der Waals surface area contributed by atoms with E-state index in [1.165, 1.54) is 11.1 Å². The van der Waals surface area contributed by atoms with Crippen LogP contribution >= 0.6 is 0 Å². The van der Waals surface area contributed by atoms with Crippen LogP contribution in [0.5, 0.6) is 0 Å². The number of halogens is 1. The van der Waals surface area contributed by atoms with Crippen LogP contribution in [-0.4, -0.2) is 59.4 Å². The van der Waals surface area contributed by atoms with Crippen LogP contribution < -0.4 is 10.2 Å². The fourth-order valence-corrected chi connectivity index (χ4v) is 4.47. The lowest BCUT2D eigenvalue weighted by Crippen LogP contribution is -2.22. The minimum atomic E-state index is -0.879. The summed E-state index contributed by atoms with van der Waals surface area (Å²) in [5, 5.41) is 12.9. The number of nitrogens with zero attached hydrogens (tertiary/aromatic N) is 6. The van der Waals surface area contributed by atoms with Gasteiger partial charge in [-0.1, -0.05) is 6.07 Å². The first-order valence-electron chi connectivity index (χ1n) is 11.4. The highest BCUT2D eigenvalue weighted by atomic mass is 19.1. The Kier molecular flexibility index (Phi) is 6.34. The van der Waals surface area contributed by atoms with E-state index >= 15 is 0 Å². The number of nitrogens with one attached hydrogen (secondary N) is 1. The van der Waals surface area contributed by atoms with Gasteiger partial charge in [-0.25, -0.2) is 19.3 Å². The quantitative estimate of drug-likeness (QED) is 0.573. The number of hydrogen-bond donors (Lipinski definition) is 1. The van der Waals surface area contributed by atoms with Crippen LogP contribution in [0.1, 0.15) is 23.1 Å². The van der Waals surface area contributed by atoms with Crippen molar-refractivity contribution in [1.82, 2.24) is 19.9 Å². The summed E-state index contributed by atoms with van der Waals surface area (Å²) in [6, 6.07) is 12.0. The number of benzene rings is 1. The molecule has 34 heavy (non-hydrogen) atoms. The second-order valence-electron chi connectivity index (χ2n) is 8.62. The third-order valence-corrected chi connectivity index (χ3v) is 6.23. The molecule has 0 radical (unpaired) electrons. The van der Waals surface area contributed by atoms with Gasteiger partial charge in [-0.15, -0.1) is 0 Å². The molecule has 1 N–H and O–H groups in total. The molecule has 0 unspecified atom stereocenters. The zero-order valence-corrected chi connectivity index (χ0v) is 19.0. The molecule has 1 saturated heterocycles. The van der Waals surface area contributed by atoms with Crippen molar-refractivity contribution in [2.75, 3.05) is 43.6 Å². The molecule has 9 heteroatoms. The van der Waals surface area contributed by atoms with Crippen LogP contribution in [0.3, 0.4) is 0 Å². The summed E-state index contributed by atoms with van der Waals surface area (Å²) in [5.41, 5.74) is 5.31. The molecule has 1 fully saturated rings. The van der Waals surface area contributed by atoms with E-state index in [9.17, 15) is 9.65 Å². The summed E-state index contributed by atoms with van der Waals surface area (Å²) in [7, 11) is 1.72. The third kappa shape index (κ3) is 4.69. The van der Waals surface area contributed by atoms with E-state index in [2.05, 4.69) is 43.4 Å². The van der Waals surface area contributed by atoms with E-state index in [-0.39, 0.29) is 6.54 Å². The molecular formula is C25H26FN7O. The lowest BCUT2D eigenvalue weighted by atomic mass is 10.1. The van der Waals surface area contributed by atoms with E-state index in [1.807, 2.05) is 11.0 Å². The molecular weight excluding hydrogens is 433 g/mol. The van der Waals surface area contributed by atoms with Crippen LogP contribution in [0, 0.1) is 11.3 Å². The van der Waals surface area contributed by atoms with Gasteiger partial charge in [0.05, 0.1) is 24.4 Å². The zero-order valence-electron chi connectivity index (χ0n) is 19.0. The Morgan fingerprint density at radius 2 is 2.09 bits per heavy atom. The summed E-state index contributed by atoms with van der Waals surface area (Å²) in [6.45, 7) is 4.28. The van der Waals surface area contributed by atoms with Gasteiger partial charge < -0.3 is 15.0 Å². The van der Waals surface area contributed by atoms with Gasteiger partial charge in [0.2, 0.25) is 5.95 Å². The van der Waals surface area contributed by atoms with Crippen molar-refractivity contribution >= 4 is 17.5 Å². The lowest BCUT2D eigenvalue weighted by molar-refractivity contribution is 0.147. The largest absolute Gasteiger partial charge is 0.383 e. The summed E-state index contributed by atoms with van der Waals surface area (Å²) in [5.74, 6) is 0.991. The topological polar surface area (TPSA) is 90.2 Å². The van der Waals surface area contributed by atoms with Crippen LogP contribution in [0.4, 0.5) is 21.8 Å². The first kappa shape index (κ1) is 22.2. The second-order valence-corrected chi connectivity index (χ2v) is 8.62. The maximum absolute atomic E-state index is 13.6. The highest BCUT2D eigenvalue weighted by molar-refractivity contribution is 5.67. The average Bonchev–Trinajstić information content (AvgIpc) is 3.48. The Hall–Kier alpha value is -3.61. The monoisotopic (exact) mass is 459 g/mol. The number of fused-ring (bicyclic) bond motifs is 1. The average molecular weight is 460 g/mol. The SMILES string of the molecule is COCCN1Cc2ccc(Nc3nccc(-c4cnc(N5CC[C@H](F)C5)c(C#N)c4)n3)cc2C1. The van der Waals surface area contributed by atoms with Crippen LogP contribution in [-0.2, 0) is 17.8 Å². The molecule has 5 rings (SSSR count). The molecule has 0 amide bonds. The number of methoxy groups -OCH3 is 1. The van der Waals surface area contributed by atoms with Gasteiger partial charge in [0.1, 0.15) is 18.1 Å². The van der Waals surface area contributed by atoms with E-state index in [1.54, 1.807) is 31.6 Å². The van der Waals surface area contributed by atoms with Gasteiger partial charge in [0.25, 0.3) is 0 Å². The number of hydrogen-bond acceptors (Lipinski definition) is 8. The van der Waals surface area contributed by atoms with Crippen molar-refractivity contribution in [2.24, 2.45) is 0 Å². The minimum absolute atomic E-state index is 0.271. The standard InChI is InChI=1S/C25H26FN7O/c1-34-9-8-32-14-17-2-3-22(11-20(17)15-32)30-25-28-6-4-23(31-25)19-10-18(12-27)24(29-13-19)33-7-5-21(26)16-33/h2-4,6,10-11,13,21H,5,7-9,14-16H2,1H3,(H,28,30,31)/t21-/m0/s1. The fraction of sp³-hybridized carbons (Fsp3) is 0.360. The summed E-state index contributed by atoms with van der Waals surface area (Å²) in [6.07, 6.45) is 2.94. The Bertz CT molecular complexity index is 1230. The van der Waals surface area contributed by atoms with Crippen molar-refractivity contribution in [3.8, 4) is 17.3 Å². The van der Waals surface area contributed by atoms with E-state index < -0.39 is 6.17 Å². The van der Waals surface area contributed by atoms with E-state index in [0.29, 0.717) is 41.6 Å². The Labute approximate surface area is 198 Å². The minimum Gasteiger partial charge on any atom is -0.383 e. The van der Waals surface area contributed by atoms with Gasteiger partial charge in [-0.3, -0.25) is 4.90 Å². The maximum Gasteiger partial charge on any atom is 0.227 e. The molecule has 0 bridgehead atoms. The lowest BCUT2D eigenvalue weighted by Gasteiger charge is -2.18. The first-order chi connectivity index (χ1) is 16.6. The van der Waals surface area contributed by atoms with E-state index in [0.717, 1.165) is 31.9 Å². The summed E-state index contributed by atoms with van der Waals surface area (Å²) in [4.78, 5) is 17.6. The number of rotatable bonds is 7. The number of aromatic nitrogens is 3. The number of ether oxygens (including phenoxy) is 1. The van der Waals surface area contributed by atoms with Gasteiger partial charge in [-0.2, -0.15) is 5.26 Å². The fourth-order valence-electron chi connectivity index (χ4n) is 4.47. The molecule has 0 aliphatic carbocycles. The van der Waals surface area contributed by atoms with Gasteiger partial charge in [0.15, 0.2) is 0 Å². The van der Waals surface area contributed by atoms with Gasteiger partial charge in [-0.05, 0) is 41.8 Å². The predicted octanol–water partition coefficient (Wildman–Crippen LogP) is 3.66. The normalized spacial score (nSPS) is 17.6. The second kappa shape index (κ2) is 9.71. The molecule has 1 aromatic carbocycles. The summed E-state index contributed by atoms with van der Waals surface area (Å²) < 4.78 is 18.8. The molecule has 2 aliphatic heterocycles. The highest BCUT2D eigenvalue weighted by Gasteiger charge is 2.25. The highest BCUT2D eigenvalue weighted by Crippen LogP contribution is 2.29. The van der Waals surface area contributed by atoms with Crippen molar-refractivity contribution in [1.29, 1.82) is 5.26 Å². The molecule has 2 aliphatic rings. The summed E-state index contributed by atoms with van der Waals surface area (Å²) >= 11 is 0. The van der Waals surface area contributed by atoms with Crippen molar-refractivity contribution < 1.29 is 9.13 Å². The molecule has 0 saturated carbocycles. The number of alkyl halides is 1. The first-order valence-corrected chi connectivity index (χ1v) is 11.4. The van der Waals surface area contributed by atoms with Crippen molar-refractivity contribution in [3.05, 3.63) is 59.4 Å². The number of anilines is 3. The number of pyridine rings is 1. The van der Waals surface area contributed by atoms with Crippen molar-refractivity contribution in [3.63, 3.8) is 0 Å². The van der Waals surface area contributed by atoms with Crippen LogP contribution in [0.2, 0.25) is 0 Å². The van der Waals surface area contributed by atoms with Crippen LogP contribution in [0.25, 0.3) is 11.3 Å². The molecule has 174 valence electrons. The Balaban J connectivity index is 1.33. The molecule has 8 nitrogen and oxygen atoms in total. The van der Waals surface area contributed by atoms with Crippen LogP contribution in [0.15, 0.2) is 42.7 Å². The molecule has 3 aromatic rings. The molecule has 2 aromatic heterocycles. The predicted molar refractivity (Wildman–Crippen MR) is 127 cm³/mol. The van der Waals surface area contributed by atoms with E-state index in [4.69, 9.17) is 4.74 Å². The smallest absolute Gasteiger partial charge is 0.227 e. The zero-order chi connectivity index (χ0) is 23.5. The molecule has 4 heterocycles. The Morgan fingerprint density at radius 1 is 1.21 bits per heavy atom. The van der Waals surface area contributed by atoms with Gasteiger partial charge in [0, 0.05) is 56.9 Å². The third-order valence-electron chi connectivity index (χ3n) is 6.23. The van der Waals surface area contributed by atoms with Crippen molar-refractivity contribution in [2.45, 2.75) is 25.7 Å². The molecule has 1 atom stereocenters.